The van der Waals surface area contributed by atoms with Crippen molar-refractivity contribution in [2.45, 2.75) is 44.9 Å². The van der Waals surface area contributed by atoms with Crippen molar-refractivity contribution in [3.05, 3.63) is 61.2 Å². The Morgan fingerprint density at radius 2 is 1.74 bits per heavy atom. The van der Waals surface area contributed by atoms with E-state index in [0.717, 1.165) is 5.56 Å². The second kappa shape index (κ2) is 19.4. The molecule has 3 atom stereocenters. The zero-order valence-corrected chi connectivity index (χ0v) is 21.9. The van der Waals surface area contributed by atoms with Crippen LogP contribution in [0.4, 0.5) is 4.79 Å². The highest BCUT2D eigenvalue weighted by Gasteiger charge is 2.25. The van der Waals surface area contributed by atoms with Gasteiger partial charge in [0.2, 0.25) is 11.8 Å². The summed E-state index contributed by atoms with van der Waals surface area (Å²) in [6.07, 6.45) is 1.90. The van der Waals surface area contributed by atoms with Crippen LogP contribution in [-0.4, -0.2) is 74.0 Å². The number of carbonyl (C=O) groups excluding carboxylic acids is 4. The van der Waals surface area contributed by atoms with E-state index >= 15 is 0 Å². The molecular formula is C27H39N3O8. The average Bonchev–Trinajstić information content (AvgIpc) is 2.90. The number of ether oxygens (including phenoxy) is 3. The lowest BCUT2D eigenvalue weighted by atomic mass is 10.00. The lowest BCUT2D eigenvalue weighted by molar-refractivity contribution is -0.151. The predicted octanol–water partition coefficient (Wildman–Crippen LogP) is 1.61. The fourth-order valence-corrected chi connectivity index (χ4v) is 3.21. The van der Waals surface area contributed by atoms with Crippen molar-refractivity contribution < 1.29 is 38.5 Å². The van der Waals surface area contributed by atoms with Crippen LogP contribution in [-0.2, 0) is 35.2 Å². The van der Waals surface area contributed by atoms with Gasteiger partial charge in [-0.15, -0.1) is 13.2 Å². The molecule has 0 aliphatic heterocycles. The van der Waals surface area contributed by atoms with Gasteiger partial charge in [-0.05, 0) is 25.3 Å². The van der Waals surface area contributed by atoms with Crippen molar-refractivity contribution in [2.75, 3.05) is 32.9 Å². The maximum Gasteiger partial charge on any atom is 0.408 e. The van der Waals surface area contributed by atoms with Crippen molar-refractivity contribution >= 4 is 23.9 Å². The van der Waals surface area contributed by atoms with Crippen LogP contribution in [0.5, 0.6) is 0 Å². The Hall–Kier alpha value is -3.70. The average molecular weight is 534 g/mol. The summed E-state index contributed by atoms with van der Waals surface area (Å²) >= 11 is 0. The van der Waals surface area contributed by atoms with Crippen molar-refractivity contribution in [3.8, 4) is 0 Å². The summed E-state index contributed by atoms with van der Waals surface area (Å²) in [6, 6.07) is 8.09. The Bertz CT molecular complexity index is 894. The molecule has 0 fully saturated rings. The van der Waals surface area contributed by atoms with Gasteiger partial charge < -0.3 is 35.3 Å². The van der Waals surface area contributed by atoms with E-state index in [1.54, 1.807) is 25.1 Å². The SMILES string of the molecule is C=CC[C@@H](CC(=O)NCCOCCO)C(=O)NC[C@H](C)OC(=O)[C@@H](CC=C)NC(=O)OCc1ccccc1. The van der Waals surface area contributed by atoms with E-state index in [-0.39, 0.29) is 70.6 Å². The summed E-state index contributed by atoms with van der Waals surface area (Å²) in [5, 5.41) is 16.5. The zero-order valence-electron chi connectivity index (χ0n) is 21.9. The number of amides is 3. The molecule has 0 radical (unpaired) electrons. The van der Waals surface area contributed by atoms with Crippen molar-refractivity contribution in [1.82, 2.24) is 16.0 Å². The fourth-order valence-electron chi connectivity index (χ4n) is 3.21. The number of aliphatic hydroxyl groups is 1. The third-order valence-electron chi connectivity index (χ3n) is 5.13. The van der Waals surface area contributed by atoms with E-state index in [0.29, 0.717) is 0 Å². The van der Waals surface area contributed by atoms with Gasteiger partial charge in [-0.1, -0.05) is 42.5 Å². The van der Waals surface area contributed by atoms with Gasteiger partial charge >= 0.3 is 12.1 Å². The highest BCUT2D eigenvalue weighted by molar-refractivity contribution is 5.86. The van der Waals surface area contributed by atoms with Gasteiger partial charge in [0.1, 0.15) is 18.8 Å². The van der Waals surface area contributed by atoms with E-state index in [2.05, 4.69) is 29.1 Å². The van der Waals surface area contributed by atoms with E-state index < -0.39 is 30.1 Å². The Morgan fingerprint density at radius 1 is 1.03 bits per heavy atom. The number of benzene rings is 1. The molecule has 0 aliphatic rings. The summed E-state index contributed by atoms with van der Waals surface area (Å²) in [5.74, 6) is -2.06. The number of hydrogen-bond acceptors (Lipinski definition) is 8. The highest BCUT2D eigenvalue weighted by Crippen LogP contribution is 2.10. The van der Waals surface area contributed by atoms with E-state index in [1.807, 2.05) is 18.2 Å². The molecule has 0 saturated carbocycles. The summed E-state index contributed by atoms with van der Waals surface area (Å²) in [6.45, 7) is 9.48. The number of rotatable bonds is 19. The Balaban J connectivity index is 2.49. The van der Waals surface area contributed by atoms with Crippen LogP contribution >= 0.6 is 0 Å². The first-order valence-electron chi connectivity index (χ1n) is 12.4. The molecule has 11 heteroatoms. The van der Waals surface area contributed by atoms with Gasteiger partial charge in [0.05, 0.1) is 32.3 Å². The molecule has 0 aromatic heterocycles. The second-order valence-electron chi connectivity index (χ2n) is 8.39. The molecule has 3 amide bonds. The number of nitrogens with one attached hydrogen (secondary N) is 3. The number of alkyl carbamates (subject to hydrolysis) is 1. The van der Waals surface area contributed by atoms with Crippen LogP contribution in [0, 0.1) is 5.92 Å². The molecule has 1 aromatic rings. The first kappa shape index (κ1) is 32.3. The lowest BCUT2D eigenvalue weighted by Crippen LogP contribution is -2.44. The fraction of sp³-hybridized carbons (Fsp3) is 0.481. The standard InChI is InChI=1S/C27H39N3O8/c1-4-9-22(17-24(32)28-13-15-36-16-14-31)25(33)29-18-20(3)38-26(34)23(10-5-2)30-27(35)37-19-21-11-7-6-8-12-21/h4-8,11-12,20,22-23,31H,1-2,9-10,13-19H2,3H3,(H,28,32)(H,29,33)(H,30,35)/t20-,22-,23+/m0/s1. The van der Waals surface area contributed by atoms with Crippen LogP contribution in [0.2, 0.25) is 0 Å². The van der Waals surface area contributed by atoms with E-state index in [9.17, 15) is 19.2 Å². The monoisotopic (exact) mass is 533 g/mol. The van der Waals surface area contributed by atoms with Gasteiger partial charge in [0.15, 0.2) is 0 Å². The van der Waals surface area contributed by atoms with Crippen LogP contribution in [0.3, 0.4) is 0 Å². The van der Waals surface area contributed by atoms with Gasteiger partial charge in [-0.25, -0.2) is 9.59 Å². The topological polar surface area (TPSA) is 152 Å². The summed E-state index contributed by atoms with van der Waals surface area (Å²) in [4.78, 5) is 49.5. The predicted molar refractivity (Wildman–Crippen MR) is 141 cm³/mol. The third-order valence-corrected chi connectivity index (χ3v) is 5.13. The molecule has 210 valence electrons. The van der Waals surface area contributed by atoms with Crippen molar-refractivity contribution in [2.24, 2.45) is 5.92 Å². The number of esters is 1. The van der Waals surface area contributed by atoms with Gasteiger partial charge in [-0.2, -0.15) is 0 Å². The highest BCUT2D eigenvalue weighted by atomic mass is 16.6. The summed E-state index contributed by atoms with van der Waals surface area (Å²) < 4.78 is 15.6. The molecule has 11 nitrogen and oxygen atoms in total. The maximum atomic E-state index is 12.6. The van der Waals surface area contributed by atoms with Gasteiger partial charge in [0, 0.05) is 13.0 Å². The second-order valence-corrected chi connectivity index (χ2v) is 8.39. The zero-order chi connectivity index (χ0) is 28.2. The molecule has 0 saturated heterocycles. The molecule has 1 rings (SSSR count). The Morgan fingerprint density at radius 3 is 2.39 bits per heavy atom. The maximum absolute atomic E-state index is 12.6. The molecule has 1 aromatic carbocycles. The Kier molecular flexibility index (Phi) is 16.5. The first-order chi connectivity index (χ1) is 18.3. The molecule has 4 N–H and O–H groups in total. The van der Waals surface area contributed by atoms with Crippen molar-refractivity contribution in [3.63, 3.8) is 0 Å². The number of carbonyl (C=O) groups is 4. The normalized spacial score (nSPS) is 12.8. The Labute approximate surface area is 223 Å². The van der Waals surface area contributed by atoms with E-state index in [4.69, 9.17) is 19.3 Å². The number of aliphatic hydroxyl groups excluding tert-OH is 1. The van der Waals surface area contributed by atoms with Crippen LogP contribution in [0.15, 0.2) is 55.6 Å². The summed E-state index contributed by atoms with van der Waals surface area (Å²) in [5.41, 5.74) is 0.800. The van der Waals surface area contributed by atoms with Crippen molar-refractivity contribution in [1.29, 1.82) is 0 Å². The number of hydrogen-bond donors (Lipinski definition) is 4. The molecule has 0 unspecified atom stereocenters. The molecule has 38 heavy (non-hydrogen) atoms. The first-order valence-corrected chi connectivity index (χ1v) is 12.4. The minimum absolute atomic E-state index is 0.00803. The quantitative estimate of drug-likeness (QED) is 0.119. The van der Waals surface area contributed by atoms with Crippen LogP contribution in [0.1, 0.15) is 31.7 Å². The minimum atomic E-state index is -1.01. The molecular weight excluding hydrogens is 494 g/mol. The van der Waals surface area contributed by atoms with E-state index in [1.165, 1.54) is 6.08 Å². The van der Waals surface area contributed by atoms with Crippen LogP contribution in [0.25, 0.3) is 0 Å². The number of allylic oxidation sites excluding steroid dienone is 1. The molecule has 0 aliphatic carbocycles. The molecule has 0 bridgehead atoms. The summed E-state index contributed by atoms with van der Waals surface area (Å²) in [7, 11) is 0. The largest absolute Gasteiger partial charge is 0.459 e. The third kappa shape index (κ3) is 14.1. The minimum Gasteiger partial charge on any atom is -0.459 e. The van der Waals surface area contributed by atoms with Crippen LogP contribution < -0.4 is 16.0 Å². The molecule has 0 spiro atoms. The lowest BCUT2D eigenvalue weighted by Gasteiger charge is -2.21. The van der Waals surface area contributed by atoms with Gasteiger partial charge in [0.25, 0.3) is 0 Å². The smallest absolute Gasteiger partial charge is 0.408 e. The molecule has 0 heterocycles. The van der Waals surface area contributed by atoms with Gasteiger partial charge in [-0.3, -0.25) is 9.59 Å².